The van der Waals surface area contributed by atoms with E-state index in [1.54, 1.807) is 18.3 Å². The zero-order chi connectivity index (χ0) is 19.8. The third-order valence-corrected chi connectivity index (χ3v) is 5.29. The van der Waals surface area contributed by atoms with Crippen LogP contribution < -0.4 is 10.3 Å². The average molecular weight is 367 g/mol. The van der Waals surface area contributed by atoms with Crippen LogP contribution in [-0.4, -0.2) is 23.7 Å². The number of fused-ring (bicyclic) bond motifs is 1. The second-order valence-corrected chi connectivity index (χ2v) is 8.33. The number of benzene rings is 1. The molecule has 5 heteroatoms. The van der Waals surface area contributed by atoms with E-state index in [-0.39, 0.29) is 17.2 Å². The average Bonchev–Trinajstić information content (AvgIpc) is 3.09. The lowest BCUT2D eigenvalue weighted by molar-refractivity contribution is 0.0927. The molecular formula is C22H29N3O2. The molecule has 0 saturated carbocycles. The summed E-state index contributed by atoms with van der Waals surface area (Å²) in [5, 5.41) is 4.12. The number of hydrogen-bond acceptors (Lipinski definition) is 4. The third kappa shape index (κ3) is 3.77. The zero-order valence-corrected chi connectivity index (χ0v) is 17.0. The lowest BCUT2D eigenvalue weighted by atomic mass is 9.78. The van der Waals surface area contributed by atoms with Crippen molar-refractivity contribution in [2.75, 3.05) is 4.90 Å². The molecule has 1 aliphatic rings. The topological polar surface area (TPSA) is 57.8 Å². The summed E-state index contributed by atoms with van der Waals surface area (Å²) in [6.45, 7) is 13.5. The lowest BCUT2D eigenvalue weighted by Crippen LogP contribution is -2.51. The van der Waals surface area contributed by atoms with Gasteiger partial charge in [-0.25, -0.2) is 5.43 Å². The van der Waals surface area contributed by atoms with Crippen molar-refractivity contribution < 1.29 is 9.21 Å². The second-order valence-electron chi connectivity index (χ2n) is 8.33. The number of furan rings is 1. The number of rotatable bonds is 4. The van der Waals surface area contributed by atoms with E-state index >= 15 is 0 Å². The predicted octanol–water partition coefficient (Wildman–Crippen LogP) is 4.85. The van der Waals surface area contributed by atoms with Crippen molar-refractivity contribution in [2.24, 2.45) is 5.10 Å². The molecule has 1 amide bonds. The van der Waals surface area contributed by atoms with Gasteiger partial charge in [0, 0.05) is 17.3 Å². The SMILES string of the molecule is Cc1cc2c(cc1/C=N/NC(=O)c1ccco1)[C@H](C)CC(C)(C)N2C(C)C. The molecule has 0 unspecified atom stereocenters. The molecule has 144 valence electrons. The Labute approximate surface area is 161 Å². The van der Waals surface area contributed by atoms with Crippen molar-refractivity contribution in [3.05, 3.63) is 53.0 Å². The standard InChI is InChI=1S/C22H29N3O2/c1-14(2)25-19-10-15(3)17(11-18(19)16(4)12-22(25,5)6)13-23-24-21(26)20-8-7-9-27-20/h7-11,13-14,16H,12H2,1-6H3,(H,24,26)/b23-13+/t16-/m1/s1. The molecule has 1 atom stereocenters. The molecule has 1 N–H and O–H groups in total. The molecular weight excluding hydrogens is 338 g/mol. The van der Waals surface area contributed by atoms with E-state index in [1.807, 2.05) is 0 Å². The highest BCUT2D eigenvalue weighted by atomic mass is 16.3. The third-order valence-electron chi connectivity index (χ3n) is 5.29. The fraction of sp³-hybridized carbons (Fsp3) is 0.455. The number of amides is 1. The van der Waals surface area contributed by atoms with Gasteiger partial charge in [-0.05, 0) is 87.9 Å². The highest BCUT2D eigenvalue weighted by Gasteiger charge is 2.37. The highest BCUT2D eigenvalue weighted by molar-refractivity contribution is 5.92. The van der Waals surface area contributed by atoms with E-state index in [2.05, 4.69) is 69.1 Å². The Bertz CT molecular complexity index is 851. The van der Waals surface area contributed by atoms with Crippen molar-refractivity contribution in [3.8, 4) is 0 Å². The van der Waals surface area contributed by atoms with Gasteiger partial charge in [-0.1, -0.05) is 6.92 Å². The van der Waals surface area contributed by atoms with Crippen molar-refractivity contribution >= 4 is 17.8 Å². The van der Waals surface area contributed by atoms with Crippen molar-refractivity contribution in [1.29, 1.82) is 0 Å². The summed E-state index contributed by atoms with van der Waals surface area (Å²) in [4.78, 5) is 14.5. The van der Waals surface area contributed by atoms with E-state index in [4.69, 9.17) is 4.42 Å². The number of hydrazone groups is 1. The van der Waals surface area contributed by atoms with Crippen LogP contribution in [-0.2, 0) is 0 Å². The van der Waals surface area contributed by atoms with Gasteiger partial charge < -0.3 is 9.32 Å². The fourth-order valence-corrected chi connectivity index (χ4v) is 4.35. The van der Waals surface area contributed by atoms with Crippen LogP contribution in [0.2, 0.25) is 0 Å². The molecule has 0 aliphatic carbocycles. The number of carbonyl (C=O) groups excluding carboxylic acids is 1. The van der Waals surface area contributed by atoms with E-state index in [1.165, 1.54) is 17.5 Å². The summed E-state index contributed by atoms with van der Waals surface area (Å²) in [6, 6.07) is 8.18. The molecule has 1 aromatic heterocycles. The first-order valence-corrected chi connectivity index (χ1v) is 9.51. The number of nitrogens with zero attached hydrogens (tertiary/aromatic N) is 2. The van der Waals surface area contributed by atoms with E-state index in [0.717, 1.165) is 17.5 Å². The van der Waals surface area contributed by atoms with Gasteiger partial charge in [-0.15, -0.1) is 0 Å². The molecule has 0 bridgehead atoms. The Morgan fingerprint density at radius 1 is 1.41 bits per heavy atom. The van der Waals surface area contributed by atoms with Gasteiger partial charge >= 0.3 is 5.91 Å². The maximum Gasteiger partial charge on any atom is 0.307 e. The summed E-state index contributed by atoms with van der Waals surface area (Å²) in [6.07, 6.45) is 4.28. The fourth-order valence-electron chi connectivity index (χ4n) is 4.35. The molecule has 0 saturated heterocycles. The number of carbonyl (C=O) groups is 1. The summed E-state index contributed by atoms with van der Waals surface area (Å²) in [5.41, 5.74) is 7.45. The molecule has 5 nitrogen and oxygen atoms in total. The largest absolute Gasteiger partial charge is 0.459 e. The molecule has 27 heavy (non-hydrogen) atoms. The number of anilines is 1. The highest BCUT2D eigenvalue weighted by Crippen LogP contribution is 2.45. The van der Waals surface area contributed by atoms with Gasteiger partial charge in [-0.2, -0.15) is 5.10 Å². The minimum Gasteiger partial charge on any atom is -0.459 e. The molecule has 0 radical (unpaired) electrons. The smallest absolute Gasteiger partial charge is 0.307 e. The molecule has 2 aromatic rings. The van der Waals surface area contributed by atoms with Gasteiger partial charge in [0.05, 0.1) is 12.5 Å². The molecule has 1 aliphatic heterocycles. The molecule has 0 fully saturated rings. The minimum absolute atomic E-state index is 0.125. The maximum absolute atomic E-state index is 11.9. The normalized spacial score (nSPS) is 18.8. The Hall–Kier alpha value is -2.56. The summed E-state index contributed by atoms with van der Waals surface area (Å²) in [5.74, 6) is 0.362. The maximum atomic E-state index is 11.9. The summed E-state index contributed by atoms with van der Waals surface area (Å²) >= 11 is 0. The van der Waals surface area contributed by atoms with E-state index < -0.39 is 0 Å². The Balaban J connectivity index is 1.88. The number of aryl methyl sites for hydroxylation is 1. The van der Waals surface area contributed by atoms with Crippen molar-refractivity contribution in [3.63, 3.8) is 0 Å². The van der Waals surface area contributed by atoms with Crippen LogP contribution in [0.3, 0.4) is 0 Å². The zero-order valence-electron chi connectivity index (χ0n) is 17.0. The van der Waals surface area contributed by atoms with Crippen molar-refractivity contribution in [2.45, 2.75) is 65.5 Å². The Morgan fingerprint density at radius 2 is 2.15 bits per heavy atom. The van der Waals surface area contributed by atoms with Crippen molar-refractivity contribution in [1.82, 2.24) is 5.43 Å². The number of hydrogen-bond donors (Lipinski definition) is 1. The predicted molar refractivity (Wildman–Crippen MR) is 110 cm³/mol. The van der Waals surface area contributed by atoms with Crippen LogP contribution in [0.5, 0.6) is 0 Å². The first kappa shape index (κ1) is 19.2. The summed E-state index contributed by atoms with van der Waals surface area (Å²) in [7, 11) is 0. The van der Waals surface area contributed by atoms with Crippen LogP contribution in [0.15, 0.2) is 40.0 Å². The molecule has 0 spiro atoms. The Morgan fingerprint density at radius 3 is 2.78 bits per heavy atom. The van der Waals surface area contributed by atoms with Gasteiger partial charge in [0.25, 0.3) is 0 Å². The molecule has 2 heterocycles. The monoisotopic (exact) mass is 367 g/mol. The summed E-state index contributed by atoms with van der Waals surface area (Å²) < 4.78 is 5.07. The lowest BCUT2D eigenvalue weighted by Gasteiger charge is -2.50. The van der Waals surface area contributed by atoms with Crippen LogP contribution in [0.25, 0.3) is 0 Å². The number of nitrogens with one attached hydrogen (secondary N) is 1. The van der Waals surface area contributed by atoms with Crippen LogP contribution >= 0.6 is 0 Å². The van der Waals surface area contributed by atoms with Gasteiger partial charge in [0.1, 0.15) is 0 Å². The van der Waals surface area contributed by atoms with Crippen LogP contribution in [0.4, 0.5) is 5.69 Å². The second kappa shape index (κ2) is 7.22. The van der Waals surface area contributed by atoms with Crippen LogP contribution in [0, 0.1) is 6.92 Å². The minimum atomic E-state index is -0.354. The van der Waals surface area contributed by atoms with Gasteiger partial charge in [0.15, 0.2) is 5.76 Å². The first-order chi connectivity index (χ1) is 12.7. The molecule has 1 aromatic carbocycles. The molecule has 3 rings (SSSR count). The van der Waals surface area contributed by atoms with E-state index in [9.17, 15) is 4.79 Å². The van der Waals surface area contributed by atoms with E-state index in [0.29, 0.717) is 12.0 Å². The Kier molecular flexibility index (Phi) is 5.13. The first-order valence-electron chi connectivity index (χ1n) is 9.51. The quantitative estimate of drug-likeness (QED) is 0.620. The van der Waals surface area contributed by atoms with Gasteiger partial charge in [0.2, 0.25) is 0 Å². The van der Waals surface area contributed by atoms with Crippen LogP contribution in [0.1, 0.15) is 74.2 Å². The van der Waals surface area contributed by atoms with Gasteiger partial charge in [-0.3, -0.25) is 4.79 Å².